The fourth-order valence-electron chi connectivity index (χ4n) is 8.78. The van der Waals surface area contributed by atoms with Gasteiger partial charge in [0, 0.05) is 12.8 Å². The second kappa shape index (κ2) is 61.1. The van der Waals surface area contributed by atoms with Crippen molar-refractivity contribution in [3.8, 4) is 0 Å². The van der Waals surface area contributed by atoms with Gasteiger partial charge in [0.15, 0.2) is 6.10 Å². The molecule has 0 heterocycles. The molecule has 0 aliphatic carbocycles. The van der Waals surface area contributed by atoms with E-state index in [1.807, 2.05) is 6.08 Å². The molecule has 0 aromatic heterocycles. The average molecular weight is 1020 g/mol. The lowest BCUT2D eigenvalue weighted by molar-refractivity contribution is -0.166. The lowest BCUT2D eigenvalue weighted by Gasteiger charge is -2.18. The maximum atomic E-state index is 12.9. The fraction of sp³-hybridized carbons (Fsp3) is 0.746. The number of ether oxygens (including phenoxy) is 3. The predicted molar refractivity (Wildman–Crippen MR) is 316 cm³/mol. The van der Waals surface area contributed by atoms with E-state index in [9.17, 15) is 14.4 Å². The van der Waals surface area contributed by atoms with E-state index in [0.717, 1.165) is 83.5 Å². The largest absolute Gasteiger partial charge is 0.462 e. The van der Waals surface area contributed by atoms with Gasteiger partial charge in [-0.25, -0.2) is 0 Å². The fourth-order valence-corrected chi connectivity index (χ4v) is 8.78. The molecule has 0 aliphatic rings. The highest BCUT2D eigenvalue weighted by Gasteiger charge is 2.19. The van der Waals surface area contributed by atoms with Crippen molar-refractivity contribution in [3.63, 3.8) is 0 Å². The Balaban J connectivity index is 4.41. The number of esters is 3. The highest BCUT2D eigenvalue weighted by atomic mass is 16.6. The van der Waals surface area contributed by atoms with Gasteiger partial charge in [0.25, 0.3) is 0 Å². The van der Waals surface area contributed by atoms with Crippen LogP contribution in [0.1, 0.15) is 303 Å². The highest BCUT2D eigenvalue weighted by molar-refractivity contribution is 5.72. The smallest absolute Gasteiger partial charge is 0.309 e. The van der Waals surface area contributed by atoms with Crippen LogP contribution in [0, 0.1) is 0 Å². The number of rotatable bonds is 56. The summed E-state index contributed by atoms with van der Waals surface area (Å²) in [5.74, 6) is -1.04. The number of allylic oxidation sites excluding steroid dienone is 13. The Bertz CT molecular complexity index is 1400. The standard InChI is InChI=1S/C67H116O6/c1-4-7-10-13-16-19-22-25-28-30-32-33-34-35-37-39-42-45-48-51-54-57-60-66(69)72-63-64(62-71-65(68)59-56-53-50-47-44-41-38-27-24-21-18-15-12-9-6-3)73-67(70)61-58-55-52-49-46-43-40-36-31-29-26-23-20-17-14-11-8-5-2/h9,12,18,20-21,23,27,29,31,38,44,47,53,56,64H,4-8,10-11,13-17,19,22,24-26,28,30,32-37,39-43,45-46,48-52,54-55,57-63H2,1-3H3/b12-9-,21-18-,23-20-,31-29-,38-27-,47-44-,56-53-. The van der Waals surface area contributed by atoms with E-state index in [1.54, 1.807) is 6.08 Å². The lowest BCUT2D eigenvalue weighted by Crippen LogP contribution is -2.30. The van der Waals surface area contributed by atoms with Crippen LogP contribution in [0.15, 0.2) is 85.1 Å². The molecule has 6 nitrogen and oxygen atoms in total. The average Bonchev–Trinajstić information content (AvgIpc) is 3.39. The molecular formula is C67H116O6. The maximum Gasteiger partial charge on any atom is 0.309 e. The molecule has 0 radical (unpaired) electrons. The Kier molecular flexibility index (Phi) is 58.3. The maximum absolute atomic E-state index is 12.9. The predicted octanol–water partition coefficient (Wildman–Crippen LogP) is 21.1. The van der Waals surface area contributed by atoms with Crippen molar-refractivity contribution < 1.29 is 28.6 Å². The Morgan fingerprint density at radius 1 is 0.301 bits per heavy atom. The van der Waals surface area contributed by atoms with Crippen molar-refractivity contribution in [1.29, 1.82) is 0 Å². The van der Waals surface area contributed by atoms with Crippen molar-refractivity contribution in [3.05, 3.63) is 85.1 Å². The second-order valence-electron chi connectivity index (χ2n) is 20.6. The van der Waals surface area contributed by atoms with Crippen molar-refractivity contribution in [1.82, 2.24) is 0 Å². The van der Waals surface area contributed by atoms with Gasteiger partial charge in [-0.2, -0.15) is 0 Å². The zero-order valence-corrected chi connectivity index (χ0v) is 48.1. The molecule has 0 bridgehead atoms. The summed E-state index contributed by atoms with van der Waals surface area (Å²) in [6.45, 7) is 6.45. The first kappa shape index (κ1) is 69.6. The van der Waals surface area contributed by atoms with Crippen LogP contribution >= 0.6 is 0 Å². The van der Waals surface area contributed by atoms with Gasteiger partial charge in [-0.15, -0.1) is 0 Å². The van der Waals surface area contributed by atoms with E-state index >= 15 is 0 Å². The van der Waals surface area contributed by atoms with E-state index in [1.165, 1.54) is 180 Å². The third-order valence-electron chi connectivity index (χ3n) is 13.4. The third kappa shape index (κ3) is 59.3. The van der Waals surface area contributed by atoms with E-state index in [4.69, 9.17) is 14.2 Å². The minimum atomic E-state index is -0.820. The number of carbonyl (C=O) groups excluding carboxylic acids is 3. The summed E-state index contributed by atoms with van der Waals surface area (Å²) in [7, 11) is 0. The second-order valence-corrected chi connectivity index (χ2v) is 20.6. The quantitative estimate of drug-likeness (QED) is 0.0261. The van der Waals surface area contributed by atoms with Gasteiger partial charge < -0.3 is 14.2 Å². The number of carbonyl (C=O) groups is 3. The molecule has 0 fully saturated rings. The molecule has 6 heteroatoms. The normalized spacial score (nSPS) is 12.6. The number of hydrogen-bond acceptors (Lipinski definition) is 6. The summed E-state index contributed by atoms with van der Waals surface area (Å²) in [5, 5.41) is 0. The summed E-state index contributed by atoms with van der Waals surface area (Å²) in [6, 6.07) is 0. The first-order valence-electron chi connectivity index (χ1n) is 31.1. The summed E-state index contributed by atoms with van der Waals surface area (Å²) >= 11 is 0. The molecule has 420 valence electrons. The molecule has 0 N–H and O–H groups in total. The molecule has 0 aliphatic heterocycles. The minimum Gasteiger partial charge on any atom is -0.462 e. The molecule has 0 rings (SSSR count). The van der Waals surface area contributed by atoms with Gasteiger partial charge in [0.1, 0.15) is 13.2 Å². The van der Waals surface area contributed by atoms with Crippen LogP contribution in [0.25, 0.3) is 0 Å². The Morgan fingerprint density at radius 3 is 0.973 bits per heavy atom. The van der Waals surface area contributed by atoms with E-state index < -0.39 is 12.1 Å². The molecule has 73 heavy (non-hydrogen) atoms. The van der Waals surface area contributed by atoms with Crippen LogP contribution in [0.2, 0.25) is 0 Å². The Labute approximate surface area is 452 Å². The van der Waals surface area contributed by atoms with Crippen molar-refractivity contribution in [2.45, 2.75) is 309 Å². The first-order chi connectivity index (χ1) is 36.0. The molecule has 0 aromatic carbocycles. The molecule has 1 unspecified atom stereocenters. The van der Waals surface area contributed by atoms with Crippen molar-refractivity contribution in [2.75, 3.05) is 13.2 Å². The van der Waals surface area contributed by atoms with Gasteiger partial charge in [-0.05, 0) is 77.0 Å². The van der Waals surface area contributed by atoms with Crippen LogP contribution in [0.4, 0.5) is 0 Å². The van der Waals surface area contributed by atoms with Gasteiger partial charge in [0.05, 0.1) is 6.42 Å². The van der Waals surface area contributed by atoms with Gasteiger partial charge in [-0.1, -0.05) is 292 Å². The SMILES string of the molecule is CC/C=C\C/C=C\C/C=C\C/C=C\C/C=C\CC(=O)OCC(COC(=O)CCCCCCCCCCCCCCCCCCCCCCCC)OC(=O)CCCCCCCCC/C=C\C/C=C\CCCCCC. The number of hydrogen-bond donors (Lipinski definition) is 0. The zero-order chi connectivity index (χ0) is 52.9. The van der Waals surface area contributed by atoms with Crippen molar-refractivity contribution in [2.24, 2.45) is 0 Å². The van der Waals surface area contributed by atoms with E-state index in [-0.39, 0.29) is 31.6 Å². The summed E-state index contributed by atoms with van der Waals surface area (Å²) in [5.41, 5.74) is 0. The highest BCUT2D eigenvalue weighted by Crippen LogP contribution is 2.17. The first-order valence-corrected chi connectivity index (χ1v) is 31.1. The molecule has 1 atom stereocenters. The molecule has 0 saturated carbocycles. The summed E-state index contributed by atoms with van der Waals surface area (Å²) in [6.07, 6.45) is 80.4. The van der Waals surface area contributed by atoms with Gasteiger partial charge in [0.2, 0.25) is 0 Å². The van der Waals surface area contributed by atoms with Crippen LogP contribution in [-0.4, -0.2) is 37.2 Å². The lowest BCUT2D eigenvalue weighted by atomic mass is 10.0. The van der Waals surface area contributed by atoms with Crippen LogP contribution in [-0.2, 0) is 28.6 Å². The van der Waals surface area contributed by atoms with Crippen molar-refractivity contribution >= 4 is 17.9 Å². The molecule has 0 saturated heterocycles. The Hall–Kier alpha value is -3.41. The van der Waals surface area contributed by atoms with Gasteiger partial charge in [-0.3, -0.25) is 14.4 Å². The molecular weight excluding hydrogens is 901 g/mol. The monoisotopic (exact) mass is 1020 g/mol. The zero-order valence-electron chi connectivity index (χ0n) is 48.1. The topological polar surface area (TPSA) is 78.9 Å². The Morgan fingerprint density at radius 2 is 0.589 bits per heavy atom. The minimum absolute atomic E-state index is 0.107. The third-order valence-corrected chi connectivity index (χ3v) is 13.4. The van der Waals surface area contributed by atoms with Crippen LogP contribution < -0.4 is 0 Å². The summed E-state index contributed by atoms with van der Waals surface area (Å²) < 4.78 is 16.8. The number of unbranched alkanes of at least 4 members (excludes halogenated alkanes) is 32. The molecule has 0 amide bonds. The van der Waals surface area contributed by atoms with Crippen LogP contribution in [0.3, 0.4) is 0 Å². The van der Waals surface area contributed by atoms with Crippen LogP contribution in [0.5, 0.6) is 0 Å². The van der Waals surface area contributed by atoms with Gasteiger partial charge >= 0.3 is 17.9 Å². The summed E-state index contributed by atoms with van der Waals surface area (Å²) in [4.78, 5) is 38.2. The van der Waals surface area contributed by atoms with E-state index in [0.29, 0.717) is 12.8 Å². The molecule has 0 aromatic rings. The van der Waals surface area contributed by atoms with E-state index in [2.05, 4.69) is 93.7 Å². The molecule has 0 spiro atoms.